The molecule has 0 radical (unpaired) electrons. The molecule has 0 aliphatic carbocycles. The van der Waals surface area contributed by atoms with Gasteiger partial charge in [0.15, 0.2) is 6.61 Å². The van der Waals surface area contributed by atoms with Crippen molar-refractivity contribution < 1.29 is 31.8 Å². The Kier molecular flexibility index (Phi) is 5.86. The van der Waals surface area contributed by atoms with Crippen molar-refractivity contribution in [2.45, 2.75) is 25.2 Å². The maximum Gasteiger partial charge on any atom is 0.422 e. The summed E-state index contributed by atoms with van der Waals surface area (Å²) in [6, 6.07) is 6.04. The summed E-state index contributed by atoms with van der Waals surface area (Å²) in [6.45, 7) is -1.01. The molecule has 10 heteroatoms. The molecule has 0 saturated heterocycles. The molecule has 1 aromatic heterocycles. The zero-order chi connectivity index (χ0) is 20.1. The van der Waals surface area contributed by atoms with Crippen molar-refractivity contribution >= 4 is 6.03 Å². The number of benzene rings is 1. The van der Waals surface area contributed by atoms with Crippen LogP contribution < -0.4 is 20.1 Å². The predicted molar refractivity (Wildman–Crippen MR) is 90.4 cm³/mol. The first-order chi connectivity index (χ1) is 13.3. The quantitative estimate of drug-likeness (QED) is 0.755. The normalized spacial score (nSPS) is 15.9. The number of aromatic nitrogens is 1. The molecule has 3 rings (SSSR count). The number of hydrogen-bond donors (Lipinski definition) is 2. The average Bonchev–Trinajstić information content (AvgIpc) is 2.65. The van der Waals surface area contributed by atoms with E-state index in [0.717, 1.165) is 0 Å². The van der Waals surface area contributed by atoms with E-state index < -0.39 is 30.7 Å². The molecule has 2 heterocycles. The first-order valence-corrected chi connectivity index (χ1v) is 8.41. The lowest BCUT2D eigenvalue weighted by molar-refractivity contribution is -0.154. The molecular formula is C18H17F4N3O3. The number of halogens is 4. The third-order valence-corrected chi connectivity index (χ3v) is 3.95. The number of amides is 2. The van der Waals surface area contributed by atoms with Gasteiger partial charge in [0.1, 0.15) is 11.6 Å². The van der Waals surface area contributed by atoms with Crippen LogP contribution in [0.4, 0.5) is 22.4 Å². The van der Waals surface area contributed by atoms with E-state index in [0.29, 0.717) is 29.9 Å². The molecule has 0 spiro atoms. The molecule has 1 aliphatic rings. The van der Waals surface area contributed by atoms with Crippen molar-refractivity contribution in [1.82, 2.24) is 15.6 Å². The van der Waals surface area contributed by atoms with Gasteiger partial charge in [-0.2, -0.15) is 13.2 Å². The zero-order valence-corrected chi connectivity index (χ0v) is 14.6. The number of fused-ring (bicyclic) bond motifs is 1. The fourth-order valence-electron chi connectivity index (χ4n) is 2.70. The van der Waals surface area contributed by atoms with E-state index in [4.69, 9.17) is 4.74 Å². The van der Waals surface area contributed by atoms with Crippen molar-refractivity contribution in [3.05, 3.63) is 53.5 Å². The Balaban J connectivity index is 1.55. The van der Waals surface area contributed by atoms with E-state index in [9.17, 15) is 22.4 Å². The maximum absolute atomic E-state index is 13.5. The van der Waals surface area contributed by atoms with E-state index in [1.54, 1.807) is 6.07 Å². The summed E-state index contributed by atoms with van der Waals surface area (Å²) in [6.07, 6.45) is -2.69. The summed E-state index contributed by atoms with van der Waals surface area (Å²) in [5.41, 5.74) is 1.06. The molecule has 28 heavy (non-hydrogen) atoms. The number of ether oxygens (including phenoxy) is 2. The number of hydrogen-bond acceptors (Lipinski definition) is 4. The lowest BCUT2D eigenvalue weighted by Gasteiger charge is -2.26. The SMILES string of the molecule is O=C(NCc1ccnc(OCC(F)(F)F)c1)NC1CCOc2ccc(F)cc21. The van der Waals surface area contributed by atoms with E-state index >= 15 is 0 Å². The number of carbonyl (C=O) groups excluding carboxylic acids is 1. The Hall–Kier alpha value is -3.04. The van der Waals surface area contributed by atoms with Crippen LogP contribution in [0.15, 0.2) is 36.5 Å². The van der Waals surface area contributed by atoms with Crippen molar-refractivity contribution in [1.29, 1.82) is 0 Å². The second-order valence-corrected chi connectivity index (χ2v) is 6.11. The van der Waals surface area contributed by atoms with Crippen LogP contribution in [0.3, 0.4) is 0 Å². The molecule has 6 nitrogen and oxygen atoms in total. The Morgan fingerprint density at radius 3 is 2.89 bits per heavy atom. The van der Waals surface area contributed by atoms with Crippen LogP contribution in [0, 0.1) is 5.82 Å². The van der Waals surface area contributed by atoms with Crippen LogP contribution in [0.5, 0.6) is 11.6 Å². The number of nitrogens with zero attached hydrogens (tertiary/aromatic N) is 1. The van der Waals surface area contributed by atoms with Gasteiger partial charge in [0.05, 0.1) is 12.6 Å². The van der Waals surface area contributed by atoms with Gasteiger partial charge in [-0.15, -0.1) is 0 Å². The van der Waals surface area contributed by atoms with Crippen LogP contribution in [0.1, 0.15) is 23.6 Å². The van der Waals surface area contributed by atoms with Crippen molar-refractivity contribution in [2.24, 2.45) is 0 Å². The summed E-state index contributed by atoms with van der Waals surface area (Å²) in [5.74, 6) is -0.107. The van der Waals surface area contributed by atoms with Gasteiger partial charge in [-0.1, -0.05) is 0 Å². The summed E-state index contributed by atoms with van der Waals surface area (Å²) in [7, 11) is 0. The van der Waals surface area contributed by atoms with Gasteiger partial charge in [0, 0.05) is 30.8 Å². The van der Waals surface area contributed by atoms with Crippen LogP contribution in [0.2, 0.25) is 0 Å². The summed E-state index contributed by atoms with van der Waals surface area (Å²) >= 11 is 0. The van der Waals surface area contributed by atoms with Gasteiger partial charge < -0.3 is 20.1 Å². The highest BCUT2D eigenvalue weighted by Crippen LogP contribution is 2.32. The maximum atomic E-state index is 13.5. The van der Waals surface area contributed by atoms with Gasteiger partial charge in [-0.25, -0.2) is 14.2 Å². The first kappa shape index (κ1) is 19.7. The fraction of sp³-hybridized carbons (Fsp3) is 0.333. The van der Waals surface area contributed by atoms with E-state index in [1.165, 1.54) is 30.5 Å². The third kappa shape index (κ3) is 5.48. The lowest BCUT2D eigenvalue weighted by atomic mass is 10.0. The van der Waals surface area contributed by atoms with Crippen molar-refractivity contribution in [3.8, 4) is 11.6 Å². The Morgan fingerprint density at radius 2 is 2.11 bits per heavy atom. The molecule has 0 saturated carbocycles. The fourth-order valence-corrected chi connectivity index (χ4v) is 2.70. The highest BCUT2D eigenvalue weighted by Gasteiger charge is 2.28. The van der Waals surface area contributed by atoms with Crippen LogP contribution in [0.25, 0.3) is 0 Å². The summed E-state index contributed by atoms with van der Waals surface area (Å²) in [4.78, 5) is 15.9. The third-order valence-electron chi connectivity index (χ3n) is 3.95. The largest absolute Gasteiger partial charge is 0.493 e. The van der Waals surface area contributed by atoms with Crippen molar-refractivity contribution in [2.75, 3.05) is 13.2 Å². The minimum Gasteiger partial charge on any atom is -0.493 e. The molecule has 0 fully saturated rings. The molecule has 2 aromatic rings. The smallest absolute Gasteiger partial charge is 0.422 e. The van der Waals surface area contributed by atoms with Gasteiger partial charge in [-0.05, 0) is 29.8 Å². The van der Waals surface area contributed by atoms with Crippen LogP contribution in [-0.2, 0) is 6.54 Å². The van der Waals surface area contributed by atoms with Crippen LogP contribution in [-0.4, -0.2) is 30.4 Å². The molecule has 1 atom stereocenters. The highest BCUT2D eigenvalue weighted by molar-refractivity contribution is 5.74. The van der Waals surface area contributed by atoms with Gasteiger partial charge in [0.25, 0.3) is 0 Å². The molecule has 1 aliphatic heterocycles. The molecule has 1 aromatic carbocycles. The highest BCUT2D eigenvalue weighted by atomic mass is 19.4. The molecule has 0 bridgehead atoms. The molecule has 150 valence electrons. The standard InChI is InChI=1S/C18H17F4N3O3/c19-12-1-2-15-13(8-12)14(4-6-27-15)25-17(26)24-9-11-3-5-23-16(7-11)28-10-18(20,21)22/h1-3,5,7-8,14H,4,6,9-10H2,(H2,24,25,26). The van der Waals surface area contributed by atoms with Gasteiger partial charge in [-0.3, -0.25) is 0 Å². The zero-order valence-electron chi connectivity index (χ0n) is 14.6. The number of nitrogens with one attached hydrogen (secondary N) is 2. The van der Waals surface area contributed by atoms with E-state index in [1.807, 2.05) is 0 Å². The van der Waals surface area contributed by atoms with E-state index in [-0.39, 0.29) is 12.4 Å². The van der Waals surface area contributed by atoms with Crippen LogP contribution >= 0.6 is 0 Å². The Labute approximate surface area is 157 Å². The number of alkyl halides is 3. The first-order valence-electron chi connectivity index (χ1n) is 8.41. The topological polar surface area (TPSA) is 72.5 Å². The minimum atomic E-state index is -4.46. The number of rotatable bonds is 5. The monoisotopic (exact) mass is 399 g/mol. The molecule has 2 amide bonds. The number of urea groups is 1. The Morgan fingerprint density at radius 1 is 1.29 bits per heavy atom. The summed E-state index contributed by atoms with van der Waals surface area (Å²) in [5, 5.41) is 5.34. The van der Waals surface area contributed by atoms with E-state index in [2.05, 4.69) is 20.4 Å². The molecule has 1 unspecified atom stereocenters. The second kappa shape index (κ2) is 8.32. The number of carbonyl (C=O) groups is 1. The molecule has 2 N–H and O–H groups in total. The predicted octanol–water partition coefficient (Wildman–Crippen LogP) is 3.48. The summed E-state index contributed by atoms with van der Waals surface area (Å²) < 4.78 is 60.1. The van der Waals surface area contributed by atoms with Crippen molar-refractivity contribution in [3.63, 3.8) is 0 Å². The minimum absolute atomic E-state index is 0.0515. The van der Waals surface area contributed by atoms with Gasteiger partial charge in [0.2, 0.25) is 5.88 Å². The number of pyridine rings is 1. The molecular weight excluding hydrogens is 382 g/mol. The average molecular weight is 399 g/mol. The van der Waals surface area contributed by atoms with Gasteiger partial charge >= 0.3 is 12.2 Å². The Bertz CT molecular complexity index is 845. The second-order valence-electron chi connectivity index (χ2n) is 6.11. The lowest BCUT2D eigenvalue weighted by Crippen LogP contribution is -2.39.